The first kappa shape index (κ1) is 17.7. The molecule has 0 aliphatic rings. The van der Waals surface area contributed by atoms with Crippen LogP contribution in [0.25, 0.3) is 0 Å². The van der Waals surface area contributed by atoms with Gasteiger partial charge in [-0.15, -0.1) is 0 Å². The minimum absolute atomic E-state index is 0.213. The maximum absolute atomic E-state index is 13.7. The van der Waals surface area contributed by atoms with E-state index in [1.54, 1.807) is 12.1 Å². The van der Waals surface area contributed by atoms with Gasteiger partial charge in [-0.1, -0.05) is 26.7 Å². The van der Waals surface area contributed by atoms with Crippen molar-refractivity contribution in [2.24, 2.45) is 0 Å². The Bertz CT molecular complexity index is 459. The normalized spacial score (nSPS) is 11.5. The highest BCUT2D eigenvalue weighted by Crippen LogP contribution is 2.22. The van der Waals surface area contributed by atoms with Crippen molar-refractivity contribution in [3.05, 3.63) is 34.6 Å². The Balaban J connectivity index is 3.09. The van der Waals surface area contributed by atoms with E-state index in [0.29, 0.717) is 0 Å². The third-order valence-electron chi connectivity index (χ3n) is 3.18. The highest BCUT2D eigenvalue weighted by molar-refractivity contribution is 5.74. The molecular weight excluding hydrogens is 267 g/mol. The van der Waals surface area contributed by atoms with Crippen molar-refractivity contribution in [3.63, 3.8) is 0 Å². The first-order chi connectivity index (χ1) is 9.76. The van der Waals surface area contributed by atoms with Crippen LogP contribution < -0.4 is 0 Å². The van der Waals surface area contributed by atoms with Gasteiger partial charge in [0.1, 0.15) is 11.4 Å². The molecule has 0 unspecified atom stereocenters. The fraction of sp³-hybridized carbons (Fsp3) is 0.611. The Morgan fingerprint density at radius 2 is 1.57 bits per heavy atom. The van der Waals surface area contributed by atoms with Crippen LogP contribution in [-0.2, 0) is 28.8 Å². The third kappa shape index (κ3) is 5.86. The van der Waals surface area contributed by atoms with E-state index >= 15 is 0 Å². The summed E-state index contributed by atoms with van der Waals surface area (Å²) in [5.41, 5.74) is 2.33. The topological polar surface area (TPSA) is 26.3 Å². The minimum atomic E-state index is -0.493. The predicted octanol–water partition coefficient (Wildman–Crippen LogP) is 4.61. The van der Waals surface area contributed by atoms with Gasteiger partial charge in [-0.05, 0) is 62.4 Å². The van der Waals surface area contributed by atoms with Gasteiger partial charge in [0.15, 0.2) is 0 Å². The van der Waals surface area contributed by atoms with Gasteiger partial charge in [0.05, 0.1) is 6.42 Å². The summed E-state index contributed by atoms with van der Waals surface area (Å²) >= 11 is 0. The maximum atomic E-state index is 13.7. The lowest BCUT2D eigenvalue weighted by molar-refractivity contribution is -0.153. The fourth-order valence-electron chi connectivity index (χ4n) is 2.49. The molecule has 0 aromatic heterocycles. The van der Waals surface area contributed by atoms with Crippen molar-refractivity contribution in [2.45, 2.75) is 72.3 Å². The third-order valence-corrected chi connectivity index (χ3v) is 3.18. The molecule has 0 amide bonds. The number of esters is 1. The van der Waals surface area contributed by atoms with Crippen LogP contribution in [0, 0.1) is 5.82 Å². The molecule has 118 valence electrons. The summed E-state index contributed by atoms with van der Waals surface area (Å²) in [6.07, 6.45) is 3.65. The van der Waals surface area contributed by atoms with Crippen molar-refractivity contribution in [2.75, 3.05) is 0 Å². The van der Waals surface area contributed by atoms with Crippen LogP contribution in [0.3, 0.4) is 0 Å². The number of benzene rings is 1. The number of hydrogen-bond acceptors (Lipinski definition) is 2. The molecular formula is C18H27FO2. The molecule has 0 heterocycles. The second-order valence-electron chi connectivity index (χ2n) is 6.47. The van der Waals surface area contributed by atoms with Crippen molar-refractivity contribution in [1.29, 1.82) is 0 Å². The fourth-order valence-corrected chi connectivity index (χ4v) is 2.49. The van der Waals surface area contributed by atoms with Crippen molar-refractivity contribution in [1.82, 2.24) is 0 Å². The van der Waals surface area contributed by atoms with E-state index in [2.05, 4.69) is 13.8 Å². The molecule has 0 saturated heterocycles. The van der Waals surface area contributed by atoms with Crippen LogP contribution >= 0.6 is 0 Å². The van der Waals surface area contributed by atoms with Crippen LogP contribution in [0.2, 0.25) is 0 Å². The highest BCUT2D eigenvalue weighted by atomic mass is 19.1. The molecule has 21 heavy (non-hydrogen) atoms. The molecule has 0 spiro atoms. The van der Waals surface area contributed by atoms with Gasteiger partial charge in [-0.2, -0.15) is 0 Å². The molecule has 0 aliphatic carbocycles. The van der Waals surface area contributed by atoms with Crippen LogP contribution in [-0.4, -0.2) is 11.6 Å². The van der Waals surface area contributed by atoms with Gasteiger partial charge >= 0.3 is 5.97 Å². The van der Waals surface area contributed by atoms with Gasteiger partial charge in [0, 0.05) is 0 Å². The van der Waals surface area contributed by atoms with Crippen LogP contribution in [0.1, 0.15) is 64.2 Å². The summed E-state index contributed by atoms with van der Waals surface area (Å²) in [6, 6.07) is 3.12. The number of carbonyl (C=O) groups is 1. The van der Waals surface area contributed by atoms with Crippen molar-refractivity contribution in [3.8, 4) is 0 Å². The van der Waals surface area contributed by atoms with E-state index in [0.717, 1.165) is 42.4 Å². The number of ether oxygens (including phenoxy) is 1. The van der Waals surface area contributed by atoms with E-state index in [1.807, 2.05) is 20.8 Å². The van der Waals surface area contributed by atoms with Crippen molar-refractivity contribution < 1.29 is 13.9 Å². The molecule has 0 aliphatic heterocycles. The van der Waals surface area contributed by atoms with E-state index in [9.17, 15) is 9.18 Å². The largest absolute Gasteiger partial charge is 0.460 e. The zero-order chi connectivity index (χ0) is 16.0. The van der Waals surface area contributed by atoms with Gasteiger partial charge in [-0.3, -0.25) is 4.79 Å². The molecule has 0 saturated carbocycles. The summed E-state index contributed by atoms with van der Waals surface area (Å²) in [4.78, 5) is 12.1. The molecule has 1 aromatic carbocycles. The average Bonchev–Trinajstić information content (AvgIpc) is 2.31. The average molecular weight is 294 g/mol. The number of carbonyl (C=O) groups excluding carboxylic acids is 1. The van der Waals surface area contributed by atoms with Crippen LogP contribution in [0.4, 0.5) is 4.39 Å². The molecule has 1 rings (SSSR count). The Morgan fingerprint density at radius 1 is 1.10 bits per heavy atom. The predicted molar refractivity (Wildman–Crippen MR) is 83.9 cm³/mol. The first-order valence-electron chi connectivity index (χ1n) is 7.78. The number of halogens is 1. The molecule has 2 nitrogen and oxygen atoms in total. The smallest absolute Gasteiger partial charge is 0.310 e. The quantitative estimate of drug-likeness (QED) is 0.716. The zero-order valence-corrected chi connectivity index (χ0v) is 13.9. The first-order valence-corrected chi connectivity index (χ1v) is 7.78. The minimum Gasteiger partial charge on any atom is -0.460 e. The molecule has 3 heteroatoms. The number of aryl methyl sites for hydroxylation is 2. The second-order valence-corrected chi connectivity index (χ2v) is 6.47. The van der Waals surface area contributed by atoms with E-state index in [-0.39, 0.29) is 18.2 Å². The van der Waals surface area contributed by atoms with E-state index in [1.165, 1.54) is 0 Å². The SMILES string of the molecule is CCCc1cc(F)cc(CCC)c1CC(=O)OC(C)(C)C. The summed E-state index contributed by atoms with van der Waals surface area (Å²) in [5.74, 6) is -0.460. The second kappa shape index (κ2) is 7.58. The lowest BCUT2D eigenvalue weighted by atomic mass is 9.93. The summed E-state index contributed by atoms with van der Waals surface area (Å²) in [7, 11) is 0. The lowest BCUT2D eigenvalue weighted by Gasteiger charge is -2.21. The Kier molecular flexibility index (Phi) is 6.38. The Hall–Kier alpha value is -1.38. The maximum Gasteiger partial charge on any atom is 0.310 e. The zero-order valence-electron chi connectivity index (χ0n) is 13.9. The molecule has 1 aromatic rings. The highest BCUT2D eigenvalue weighted by Gasteiger charge is 2.19. The van der Waals surface area contributed by atoms with Gasteiger partial charge in [-0.25, -0.2) is 4.39 Å². The molecule has 0 fully saturated rings. The Morgan fingerprint density at radius 3 is 1.95 bits per heavy atom. The molecule has 0 N–H and O–H groups in total. The van der Waals surface area contributed by atoms with Crippen LogP contribution in [0.5, 0.6) is 0 Å². The summed E-state index contributed by atoms with van der Waals surface area (Å²) < 4.78 is 19.2. The van der Waals surface area contributed by atoms with Crippen LogP contribution in [0.15, 0.2) is 12.1 Å². The summed E-state index contributed by atoms with van der Waals surface area (Å²) in [5, 5.41) is 0. The van der Waals surface area contributed by atoms with Gasteiger partial charge in [0.2, 0.25) is 0 Å². The molecule has 0 bridgehead atoms. The van der Waals surface area contributed by atoms with Gasteiger partial charge < -0.3 is 4.74 Å². The monoisotopic (exact) mass is 294 g/mol. The van der Waals surface area contributed by atoms with Crippen molar-refractivity contribution >= 4 is 5.97 Å². The standard InChI is InChI=1S/C18H27FO2/c1-6-8-13-10-15(19)11-14(9-7-2)16(13)12-17(20)21-18(3,4)5/h10-11H,6-9,12H2,1-5H3. The van der Waals surface area contributed by atoms with Gasteiger partial charge in [0.25, 0.3) is 0 Å². The number of rotatable bonds is 6. The summed E-state index contributed by atoms with van der Waals surface area (Å²) in [6.45, 7) is 9.68. The Labute approximate surface area is 127 Å². The number of hydrogen-bond donors (Lipinski definition) is 0. The van der Waals surface area contributed by atoms with E-state index in [4.69, 9.17) is 4.74 Å². The molecule has 0 radical (unpaired) electrons. The lowest BCUT2D eigenvalue weighted by Crippen LogP contribution is -2.25. The van der Waals surface area contributed by atoms with E-state index < -0.39 is 5.60 Å². The molecule has 0 atom stereocenters.